The van der Waals surface area contributed by atoms with Gasteiger partial charge >= 0.3 is 0 Å². The molecule has 2 atom stereocenters. The molecule has 1 aromatic rings. The Morgan fingerprint density at radius 2 is 2.22 bits per heavy atom. The number of methoxy groups -OCH3 is 1. The number of rotatable bonds is 5. The first-order chi connectivity index (χ1) is 8.78. The van der Waals surface area contributed by atoms with Crippen LogP contribution in [0.5, 0.6) is 0 Å². The van der Waals surface area contributed by atoms with Crippen LogP contribution in [0.3, 0.4) is 0 Å². The SMILES string of the molecule is C=C[C@H]1CC[C@@](CCc2ccccc2)(OC)OO1. The molecule has 1 aromatic carbocycles. The molecule has 3 heteroatoms. The average molecular weight is 248 g/mol. The highest BCUT2D eigenvalue weighted by Crippen LogP contribution is 2.32. The normalized spacial score (nSPS) is 27.9. The smallest absolute Gasteiger partial charge is 0.201 e. The molecule has 0 radical (unpaired) electrons. The second-order valence-corrected chi connectivity index (χ2v) is 4.59. The predicted molar refractivity (Wildman–Crippen MR) is 69.9 cm³/mol. The van der Waals surface area contributed by atoms with Crippen molar-refractivity contribution in [3.8, 4) is 0 Å². The molecular weight excluding hydrogens is 228 g/mol. The van der Waals surface area contributed by atoms with Crippen LogP contribution in [0.15, 0.2) is 43.0 Å². The minimum absolute atomic E-state index is 0.0231. The van der Waals surface area contributed by atoms with E-state index in [4.69, 9.17) is 14.5 Å². The van der Waals surface area contributed by atoms with Crippen molar-refractivity contribution >= 4 is 0 Å². The van der Waals surface area contributed by atoms with Crippen molar-refractivity contribution in [3.05, 3.63) is 48.6 Å². The first-order valence-corrected chi connectivity index (χ1v) is 6.34. The van der Waals surface area contributed by atoms with Gasteiger partial charge in [-0.3, -0.25) is 0 Å². The van der Waals surface area contributed by atoms with Crippen LogP contribution in [0.4, 0.5) is 0 Å². The van der Waals surface area contributed by atoms with Crippen molar-refractivity contribution in [2.45, 2.75) is 37.6 Å². The molecule has 0 amide bonds. The standard InChI is InChI=1S/C15H20O3/c1-3-14-10-12-15(16-2,18-17-14)11-9-13-7-5-4-6-8-13/h3-8,14H,1,9-12H2,2H3/t14-,15-/m0/s1. The zero-order valence-corrected chi connectivity index (χ0v) is 10.8. The summed E-state index contributed by atoms with van der Waals surface area (Å²) in [4.78, 5) is 10.7. The highest BCUT2D eigenvalue weighted by atomic mass is 17.2. The zero-order chi connectivity index (χ0) is 12.8. The highest BCUT2D eigenvalue weighted by molar-refractivity contribution is 5.14. The fourth-order valence-corrected chi connectivity index (χ4v) is 2.14. The Morgan fingerprint density at radius 3 is 2.78 bits per heavy atom. The molecule has 1 aliphatic heterocycles. The minimum Gasteiger partial charge on any atom is -0.351 e. The molecule has 1 saturated heterocycles. The van der Waals surface area contributed by atoms with E-state index in [9.17, 15) is 0 Å². The molecule has 1 heterocycles. The Hall–Kier alpha value is -1.16. The lowest BCUT2D eigenvalue weighted by Gasteiger charge is -2.36. The summed E-state index contributed by atoms with van der Waals surface area (Å²) in [5.74, 6) is -0.616. The van der Waals surface area contributed by atoms with Gasteiger partial charge < -0.3 is 4.74 Å². The Kier molecular flexibility index (Phi) is 4.53. The van der Waals surface area contributed by atoms with E-state index < -0.39 is 5.79 Å². The van der Waals surface area contributed by atoms with Gasteiger partial charge in [0.05, 0.1) is 0 Å². The van der Waals surface area contributed by atoms with E-state index in [0.29, 0.717) is 0 Å². The molecule has 18 heavy (non-hydrogen) atoms. The topological polar surface area (TPSA) is 27.7 Å². The van der Waals surface area contributed by atoms with Gasteiger partial charge in [0.15, 0.2) is 0 Å². The fraction of sp³-hybridized carbons (Fsp3) is 0.467. The summed E-state index contributed by atoms with van der Waals surface area (Å²) < 4.78 is 5.51. The van der Waals surface area contributed by atoms with Gasteiger partial charge in [-0.25, -0.2) is 9.78 Å². The lowest BCUT2D eigenvalue weighted by atomic mass is 9.98. The van der Waals surface area contributed by atoms with Crippen LogP contribution in [0.25, 0.3) is 0 Å². The van der Waals surface area contributed by atoms with E-state index in [1.54, 1.807) is 13.2 Å². The monoisotopic (exact) mass is 248 g/mol. The summed E-state index contributed by atoms with van der Waals surface area (Å²) in [5, 5.41) is 0. The maximum Gasteiger partial charge on any atom is 0.201 e. The lowest BCUT2D eigenvalue weighted by molar-refractivity contribution is -0.459. The molecule has 1 aliphatic rings. The fourth-order valence-electron chi connectivity index (χ4n) is 2.14. The van der Waals surface area contributed by atoms with E-state index >= 15 is 0 Å². The van der Waals surface area contributed by atoms with Crippen molar-refractivity contribution < 1.29 is 14.5 Å². The zero-order valence-electron chi connectivity index (χ0n) is 10.8. The molecule has 2 rings (SSSR count). The van der Waals surface area contributed by atoms with Crippen LogP contribution in [-0.4, -0.2) is 19.0 Å². The van der Waals surface area contributed by atoms with Gasteiger partial charge in [-0.15, -0.1) is 6.58 Å². The van der Waals surface area contributed by atoms with Crippen molar-refractivity contribution in [2.75, 3.05) is 7.11 Å². The van der Waals surface area contributed by atoms with Crippen molar-refractivity contribution in [2.24, 2.45) is 0 Å². The molecule has 0 unspecified atom stereocenters. The van der Waals surface area contributed by atoms with Crippen LogP contribution in [0, 0.1) is 0 Å². The van der Waals surface area contributed by atoms with Crippen LogP contribution in [-0.2, 0) is 20.9 Å². The highest BCUT2D eigenvalue weighted by Gasteiger charge is 2.37. The molecule has 0 aromatic heterocycles. The van der Waals surface area contributed by atoms with Crippen molar-refractivity contribution in [1.29, 1.82) is 0 Å². The van der Waals surface area contributed by atoms with Crippen LogP contribution >= 0.6 is 0 Å². The Labute approximate surface area is 108 Å². The molecule has 0 aliphatic carbocycles. The Morgan fingerprint density at radius 1 is 1.44 bits per heavy atom. The van der Waals surface area contributed by atoms with Crippen molar-refractivity contribution in [1.82, 2.24) is 0 Å². The molecule has 0 bridgehead atoms. The van der Waals surface area contributed by atoms with E-state index in [-0.39, 0.29) is 6.10 Å². The van der Waals surface area contributed by atoms with Gasteiger partial charge in [0.1, 0.15) is 6.10 Å². The first kappa shape index (κ1) is 13.3. The van der Waals surface area contributed by atoms with Gasteiger partial charge in [-0.05, 0) is 18.4 Å². The third-order valence-corrected chi connectivity index (χ3v) is 3.41. The molecule has 98 valence electrons. The number of hydrogen-bond donors (Lipinski definition) is 0. The molecule has 0 N–H and O–H groups in total. The summed E-state index contributed by atoms with van der Waals surface area (Å²) in [5.41, 5.74) is 1.28. The van der Waals surface area contributed by atoms with Crippen molar-refractivity contribution in [3.63, 3.8) is 0 Å². The van der Waals surface area contributed by atoms with E-state index in [1.165, 1.54) is 5.56 Å². The minimum atomic E-state index is -0.616. The lowest BCUT2D eigenvalue weighted by Crippen LogP contribution is -2.41. The average Bonchev–Trinajstić information content (AvgIpc) is 2.47. The van der Waals surface area contributed by atoms with E-state index in [0.717, 1.165) is 25.7 Å². The first-order valence-electron chi connectivity index (χ1n) is 6.34. The summed E-state index contributed by atoms with van der Waals surface area (Å²) in [6.45, 7) is 3.71. The number of aryl methyl sites for hydroxylation is 1. The maximum absolute atomic E-state index is 5.51. The van der Waals surface area contributed by atoms with Crippen LogP contribution in [0.2, 0.25) is 0 Å². The summed E-state index contributed by atoms with van der Waals surface area (Å²) >= 11 is 0. The molecule has 1 fully saturated rings. The predicted octanol–water partition coefficient (Wildman–Crippen LogP) is 3.26. The van der Waals surface area contributed by atoms with Gasteiger partial charge in [0, 0.05) is 20.0 Å². The third-order valence-electron chi connectivity index (χ3n) is 3.41. The number of ether oxygens (including phenoxy) is 1. The molecular formula is C15H20O3. The quantitative estimate of drug-likeness (QED) is 0.591. The van der Waals surface area contributed by atoms with Crippen LogP contribution in [0.1, 0.15) is 24.8 Å². The van der Waals surface area contributed by atoms with Crippen LogP contribution < -0.4 is 0 Å². The third kappa shape index (κ3) is 3.19. The van der Waals surface area contributed by atoms with E-state index in [1.807, 2.05) is 18.2 Å². The van der Waals surface area contributed by atoms with E-state index in [2.05, 4.69) is 18.7 Å². The Bertz CT molecular complexity index is 367. The number of benzene rings is 1. The molecule has 0 saturated carbocycles. The molecule has 3 nitrogen and oxygen atoms in total. The number of hydrogen-bond acceptors (Lipinski definition) is 3. The van der Waals surface area contributed by atoms with Gasteiger partial charge in [0.25, 0.3) is 0 Å². The maximum atomic E-state index is 5.51. The Balaban J connectivity index is 1.91. The summed E-state index contributed by atoms with van der Waals surface area (Å²) in [6.07, 6.45) is 5.15. The second-order valence-electron chi connectivity index (χ2n) is 4.59. The van der Waals surface area contributed by atoms with Gasteiger partial charge in [0.2, 0.25) is 5.79 Å². The molecule has 0 spiro atoms. The summed E-state index contributed by atoms with van der Waals surface area (Å²) in [7, 11) is 1.67. The van der Waals surface area contributed by atoms with Gasteiger partial charge in [-0.1, -0.05) is 36.4 Å². The second kappa shape index (κ2) is 6.14. The summed E-state index contributed by atoms with van der Waals surface area (Å²) in [6, 6.07) is 10.3. The largest absolute Gasteiger partial charge is 0.351 e. The van der Waals surface area contributed by atoms with Gasteiger partial charge in [-0.2, -0.15) is 0 Å².